The molecule has 394 valence electrons. The van der Waals surface area contributed by atoms with Gasteiger partial charge >= 0.3 is 0 Å². The Bertz CT molecular complexity index is 4060. The zero-order chi connectivity index (χ0) is 54.5. The van der Waals surface area contributed by atoms with Gasteiger partial charge in [-0.25, -0.2) is 0 Å². The molecule has 1 unspecified atom stereocenters. The molecule has 1 aromatic heterocycles. The minimum Gasteiger partial charge on any atom is -0.311 e. The van der Waals surface area contributed by atoms with E-state index >= 15 is 0 Å². The number of aryl methyl sites for hydroxylation is 1. The van der Waals surface area contributed by atoms with Crippen molar-refractivity contribution in [3.8, 4) is 11.1 Å². The van der Waals surface area contributed by atoms with Gasteiger partial charge in [-0.2, -0.15) is 0 Å². The van der Waals surface area contributed by atoms with Crippen LogP contribution in [-0.2, 0) is 32.5 Å². The Labute approximate surface area is 474 Å². The molecule has 0 saturated heterocycles. The second kappa shape index (κ2) is 16.4. The first-order valence-corrected chi connectivity index (χ1v) is 30.3. The van der Waals surface area contributed by atoms with E-state index in [1.54, 1.807) is 0 Å². The molecular formula is C74H74BN3S. The molecule has 0 spiro atoms. The van der Waals surface area contributed by atoms with E-state index in [4.69, 9.17) is 0 Å². The number of rotatable bonds is 3. The van der Waals surface area contributed by atoms with Crippen molar-refractivity contribution in [2.75, 3.05) is 14.7 Å². The summed E-state index contributed by atoms with van der Waals surface area (Å²) in [6.07, 6.45) is 6.88. The number of fused-ring (bicyclic) bond motifs is 14. The van der Waals surface area contributed by atoms with Crippen molar-refractivity contribution in [2.45, 2.75) is 154 Å². The van der Waals surface area contributed by atoms with Crippen molar-refractivity contribution in [1.29, 1.82) is 0 Å². The van der Waals surface area contributed by atoms with E-state index in [0.717, 1.165) is 24.2 Å². The summed E-state index contributed by atoms with van der Waals surface area (Å²) in [5.41, 5.74) is 28.0. The van der Waals surface area contributed by atoms with E-state index in [1.165, 1.54) is 147 Å². The van der Waals surface area contributed by atoms with Crippen LogP contribution in [0.25, 0.3) is 21.2 Å². The summed E-state index contributed by atoms with van der Waals surface area (Å²) in [6, 6.07) is 62.8. The summed E-state index contributed by atoms with van der Waals surface area (Å²) in [7, 11) is 0. The molecule has 3 aliphatic carbocycles. The third kappa shape index (κ3) is 7.03. The number of hydrogen-bond donors (Lipinski definition) is 0. The molecule has 3 aliphatic heterocycles. The Hall–Kier alpha value is -6.82. The van der Waals surface area contributed by atoms with Crippen molar-refractivity contribution in [1.82, 2.24) is 0 Å². The number of benzene rings is 8. The smallest absolute Gasteiger partial charge is 0.264 e. The van der Waals surface area contributed by atoms with Crippen molar-refractivity contribution in [3.05, 3.63) is 202 Å². The zero-order valence-corrected chi connectivity index (χ0v) is 49.4. The first-order chi connectivity index (χ1) is 37.6. The van der Waals surface area contributed by atoms with Gasteiger partial charge in [-0.1, -0.05) is 149 Å². The Morgan fingerprint density at radius 3 is 1.66 bits per heavy atom. The van der Waals surface area contributed by atoms with Crippen molar-refractivity contribution >= 4 is 95.0 Å². The topological polar surface area (TPSA) is 9.72 Å². The first-order valence-electron chi connectivity index (χ1n) is 29.5. The second-order valence-corrected chi connectivity index (χ2v) is 29.3. The molecule has 5 heteroatoms. The Morgan fingerprint density at radius 2 is 0.962 bits per heavy atom. The molecule has 15 rings (SSSR count). The summed E-state index contributed by atoms with van der Waals surface area (Å²) in [4.78, 5) is 8.01. The maximum atomic E-state index is 2.76. The molecule has 4 heterocycles. The lowest BCUT2D eigenvalue weighted by Crippen LogP contribution is -2.60. The number of nitrogens with zero attached hydrogens (tertiary/aromatic N) is 3. The summed E-state index contributed by atoms with van der Waals surface area (Å²) in [5.74, 6) is 0. The van der Waals surface area contributed by atoms with E-state index in [-0.39, 0.29) is 39.2 Å². The molecule has 79 heavy (non-hydrogen) atoms. The van der Waals surface area contributed by atoms with E-state index in [1.807, 2.05) is 0 Å². The molecule has 0 amide bonds. The molecule has 0 saturated carbocycles. The molecular weight excluding hydrogens is 974 g/mol. The van der Waals surface area contributed by atoms with Gasteiger partial charge in [-0.05, 0) is 218 Å². The van der Waals surface area contributed by atoms with Crippen LogP contribution in [0.2, 0.25) is 0 Å². The van der Waals surface area contributed by atoms with Gasteiger partial charge in [0.1, 0.15) is 0 Å². The highest BCUT2D eigenvalue weighted by Gasteiger charge is 2.49. The molecule has 1 atom stereocenters. The molecule has 6 aliphatic rings. The number of para-hydroxylation sites is 1. The molecule has 0 fully saturated rings. The number of anilines is 9. The minimum absolute atomic E-state index is 0.0102. The number of thiophene rings is 1. The van der Waals surface area contributed by atoms with Gasteiger partial charge in [-0.15, -0.1) is 11.3 Å². The molecule has 8 aromatic carbocycles. The van der Waals surface area contributed by atoms with E-state index in [0.29, 0.717) is 0 Å². The lowest BCUT2D eigenvalue weighted by molar-refractivity contribution is 0.332. The fraction of sp³-hybridized carbons (Fsp3) is 0.324. The second-order valence-electron chi connectivity index (χ2n) is 28.3. The Kier molecular flexibility index (Phi) is 10.2. The van der Waals surface area contributed by atoms with Crippen LogP contribution < -0.4 is 30.4 Å². The van der Waals surface area contributed by atoms with Gasteiger partial charge in [0.05, 0.1) is 11.4 Å². The monoisotopic (exact) mass is 1050 g/mol. The standard InChI is InChI=1S/C74H74BN3S/c1-45-36-63-66-64(37-45)78-61-43-59-57(41-52(61)46-20-15-13-16-21-46)73(10,11)34-35-74(59,12)47-22-19-25-49(38-47)76(48-23-17-14-18-24-48)51-27-29-60(62(78)40-51)75(66)68-67(53-42-56-58(44-65(53)79-68)72(8,9)33-32-71(56,6)7)77(63)50-26-28-54-55(39-50)70(4,5)31-30-69(54,2)3/h13-29,36-44H,30-35H2,1-12H3. The predicted octanol–water partition coefficient (Wildman–Crippen LogP) is 18.8. The van der Waals surface area contributed by atoms with Crippen molar-refractivity contribution < 1.29 is 0 Å². The summed E-state index contributed by atoms with van der Waals surface area (Å²) < 4.78 is 2.83. The largest absolute Gasteiger partial charge is 0.311 e. The fourth-order valence-electron chi connectivity index (χ4n) is 15.8. The lowest BCUT2D eigenvalue weighted by Gasteiger charge is -2.47. The average Bonchev–Trinajstić information content (AvgIpc) is 3.94. The van der Waals surface area contributed by atoms with Crippen LogP contribution in [0.5, 0.6) is 0 Å². The normalized spacial score (nSPS) is 20.8. The van der Waals surface area contributed by atoms with Gasteiger partial charge in [0.15, 0.2) is 0 Å². The van der Waals surface area contributed by atoms with Crippen molar-refractivity contribution in [3.63, 3.8) is 0 Å². The van der Waals surface area contributed by atoms with Gasteiger partial charge in [-0.3, -0.25) is 0 Å². The molecule has 0 radical (unpaired) electrons. The molecule has 0 N–H and O–H groups in total. The van der Waals surface area contributed by atoms with Gasteiger partial charge in [0.25, 0.3) is 6.71 Å². The van der Waals surface area contributed by atoms with Crippen molar-refractivity contribution in [2.24, 2.45) is 0 Å². The number of hydrogen-bond acceptors (Lipinski definition) is 4. The van der Waals surface area contributed by atoms with E-state index in [9.17, 15) is 0 Å². The maximum absolute atomic E-state index is 2.76. The van der Waals surface area contributed by atoms with E-state index in [2.05, 4.69) is 267 Å². The maximum Gasteiger partial charge on any atom is 0.264 e. The fourth-order valence-corrected chi connectivity index (χ4v) is 17.2. The molecule has 6 bridgehead atoms. The third-order valence-electron chi connectivity index (χ3n) is 20.9. The Morgan fingerprint density at radius 1 is 0.405 bits per heavy atom. The van der Waals surface area contributed by atoms with Gasteiger partial charge in [0, 0.05) is 65.7 Å². The van der Waals surface area contributed by atoms with Crippen LogP contribution in [0.3, 0.4) is 0 Å². The molecule has 9 aromatic rings. The van der Waals surface area contributed by atoms with Crippen LogP contribution >= 0.6 is 11.3 Å². The van der Waals surface area contributed by atoms with Crippen LogP contribution in [0.4, 0.5) is 51.2 Å². The summed E-state index contributed by atoms with van der Waals surface area (Å²) in [6.45, 7) is 29.7. The van der Waals surface area contributed by atoms with Crippen LogP contribution in [0.1, 0.15) is 159 Å². The SMILES string of the molecule is Cc1cc2c3c(c1)N(c1ccc4c(c1)C(C)(C)CCC4(C)C)c1c(sc4cc5c(cc14)C(C)(C)CCC5(C)C)B3c1ccc3cc1N2c1cc2c(cc1-c1ccccc1)C(C)(C)CCC2(C)c1cccc(c1)N3c1ccccc1. The minimum atomic E-state index is -0.243. The zero-order valence-electron chi connectivity index (χ0n) is 48.6. The van der Waals surface area contributed by atoms with Crippen LogP contribution in [0.15, 0.2) is 158 Å². The lowest BCUT2D eigenvalue weighted by atomic mass is 9.36. The highest BCUT2D eigenvalue weighted by atomic mass is 32.1. The molecule has 3 nitrogen and oxygen atoms in total. The third-order valence-corrected chi connectivity index (χ3v) is 22.1. The predicted molar refractivity (Wildman–Crippen MR) is 340 cm³/mol. The quantitative estimate of drug-likeness (QED) is 0.163. The Balaban J connectivity index is 1.10. The van der Waals surface area contributed by atoms with Crippen LogP contribution in [0, 0.1) is 6.92 Å². The highest BCUT2D eigenvalue weighted by Crippen LogP contribution is 2.58. The first kappa shape index (κ1) is 49.2. The summed E-state index contributed by atoms with van der Waals surface area (Å²) >= 11 is 2.06. The summed E-state index contributed by atoms with van der Waals surface area (Å²) in [5, 5.41) is 1.39. The van der Waals surface area contributed by atoms with Gasteiger partial charge < -0.3 is 14.7 Å². The van der Waals surface area contributed by atoms with E-state index < -0.39 is 0 Å². The average molecular weight is 1050 g/mol. The highest BCUT2D eigenvalue weighted by molar-refractivity contribution is 7.33. The van der Waals surface area contributed by atoms with Gasteiger partial charge in [0.2, 0.25) is 0 Å². The van der Waals surface area contributed by atoms with Crippen LogP contribution in [-0.4, -0.2) is 6.71 Å².